The van der Waals surface area contributed by atoms with Crippen LogP contribution in [0, 0.1) is 0 Å². The van der Waals surface area contributed by atoms with Gasteiger partial charge in [0.15, 0.2) is 31.2 Å². The molecule has 14 heteroatoms. The molecule has 1 unspecified atom stereocenters. The lowest BCUT2D eigenvalue weighted by molar-refractivity contribution is -0.141. The number of rotatable bonds is 10. The number of carboxylic acids is 3. The number of carboxylic acid groups (broad SMARTS) is 3. The molecule has 0 saturated carbocycles. The molecule has 0 spiro atoms. The molecule has 0 amide bonds. The standard InChI is InChI=1S/C16H14O8S2.C6H10O3S/c17-15(18)9-25(21,22)13-5-1-11(2-6-13)12-3-7-14(8-4-12)26(23,24)10-16(19)20;1-4(7)3-6(2,10)5(8)9/h1-8H,9-10H2,(H,17,18)(H,19,20);10H,3H2,1-2H3,(H,8,9). The molecule has 0 aliphatic rings. The first-order chi connectivity index (χ1) is 16.4. The van der Waals surface area contributed by atoms with Gasteiger partial charge in [-0.3, -0.25) is 19.2 Å². The van der Waals surface area contributed by atoms with E-state index in [0.29, 0.717) is 11.1 Å². The number of benzene rings is 2. The summed E-state index contributed by atoms with van der Waals surface area (Å²) >= 11 is 3.80. The van der Waals surface area contributed by atoms with Gasteiger partial charge in [0.05, 0.1) is 9.79 Å². The van der Waals surface area contributed by atoms with Crippen LogP contribution < -0.4 is 0 Å². The third-order valence-corrected chi connectivity index (χ3v) is 8.03. The Balaban J connectivity index is 0.000000548. The Labute approximate surface area is 213 Å². The van der Waals surface area contributed by atoms with Crippen LogP contribution in [0.1, 0.15) is 20.3 Å². The van der Waals surface area contributed by atoms with Crippen molar-refractivity contribution in [2.45, 2.75) is 34.8 Å². The van der Waals surface area contributed by atoms with Crippen molar-refractivity contribution in [2.24, 2.45) is 0 Å². The van der Waals surface area contributed by atoms with Crippen molar-refractivity contribution in [1.82, 2.24) is 0 Å². The van der Waals surface area contributed by atoms with E-state index >= 15 is 0 Å². The maximum atomic E-state index is 11.8. The molecule has 0 radical (unpaired) electrons. The van der Waals surface area contributed by atoms with E-state index in [-0.39, 0.29) is 22.0 Å². The highest BCUT2D eigenvalue weighted by atomic mass is 32.2. The van der Waals surface area contributed by atoms with Crippen LogP contribution >= 0.6 is 12.6 Å². The minimum absolute atomic E-state index is 0.0363. The van der Waals surface area contributed by atoms with E-state index < -0.39 is 53.8 Å². The lowest BCUT2D eigenvalue weighted by atomic mass is 10.1. The molecule has 1 atom stereocenters. The summed E-state index contributed by atoms with van der Waals surface area (Å²) in [6.07, 6.45) is -0.0363. The fraction of sp³-hybridized carbons (Fsp3) is 0.273. The van der Waals surface area contributed by atoms with E-state index in [1.807, 2.05) is 0 Å². The van der Waals surface area contributed by atoms with E-state index in [9.17, 15) is 36.0 Å². The van der Waals surface area contributed by atoms with E-state index in [2.05, 4.69) is 12.6 Å². The first-order valence-corrected chi connectivity index (χ1v) is 13.7. The predicted octanol–water partition coefficient (Wildman–Crippen LogP) is 1.81. The van der Waals surface area contributed by atoms with Crippen LogP contribution in [0.5, 0.6) is 0 Å². The Bertz CT molecular complexity index is 1250. The van der Waals surface area contributed by atoms with Crippen LogP contribution in [-0.2, 0) is 38.9 Å². The first-order valence-electron chi connectivity index (χ1n) is 9.92. The minimum atomic E-state index is -3.93. The number of Topliss-reactive ketones (excluding diaryl/α,β-unsaturated/α-hetero) is 1. The van der Waals surface area contributed by atoms with Gasteiger partial charge in [-0.25, -0.2) is 16.8 Å². The molecule has 196 valence electrons. The number of carbonyl (C=O) groups is 4. The van der Waals surface area contributed by atoms with Gasteiger partial charge in [0.1, 0.15) is 10.5 Å². The summed E-state index contributed by atoms with van der Waals surface area (Å²) in [5.41, 5.74) is 1.17. The second-order valence-electron chi connectivity index (χ2n) is 7.81. The quantitative estimate of drug-likeness (QED) is 0.309. The topological polar surface area (TPSA) is 197 Å². The molecule has 3 N–H and O–H groups in total. The van der Waals surface area contributed by atoms with E-state index in [1.54, 1.807) is 0 Å². The molecule has 2 aromatic carbocycles. The molecule has 0 saturated heterocycles. The van der Waals surface area contributed by atoms with Crippen LogP contribution in [0.4, 0.5) is 0 Å². The number of ketones is 1. The SMILES string of the molecule is CC(=O)CC(C)(S)C(=O)O.O=C(O)CS(=O)(=O)c1ccc(-c2ccc(S(=O)(=O)CC(=O)O)cc2)cc1. The average Bonchev–Trinajstić information content (AvgIpc) is 2.71. The van der Waals surface area contributed by atoms with Gasteiger partial charge in [0.25, 0.3) is 0 Å². The molecule has 2 rings (SSSR count). The molecule has 11 nitrogen and oxygen atoms in total. The molecule has 0 aliphatic carbocycles. The van der Waals surface area contributed by atoms with Crippen molar-refractivity contribution < 1.29 is 51.3 Å². The second kappa shape index (κ2) is 12.1. The van der Waals surface area contributed by atoms with Gasteiger partial charge < -0.3 is 15.3 Å². The maximum absolute atomic E-state index is 11.8. The minimum Gasteiger partial charge on any atom is -0.480 e. The Kier molecular flexibility index (Phi) is 10.4. The third kappa shape index (κ3) is 9.43. The van der Waals surface area contributed by atoms with Crippen molar-refractivity contribution in [3.05, 3.63) is 48.5 Å². The highest BCUT2D eigenvalue weighted by molar-refractivity contribution is 7.92. The number of aliphatic carboxylic acids is 3. The third-order valence-electron chi connectivity index (χ3n) is 4.44. The summed E-state index contributed by atoms with van der Waals surface area (Å²) < 4.78 is 46.1. The highest BCUT2D eigenvalue weighted by Gasteiger charge is 2.29. The molecule has 0 aromatic heterocycles. The molecule has 0 aliphatic heterocycles. The normalized spacial score (nSPS) is 13.0. The van der Waals surface area contributed by atoms with E-state index in [1.165, 1.54) is 62.4 Å². The summed E-state index contributed by atoms with van der Waals surface area (Å²) in [5, 5.41) is 25.7. The summed E-state index contributed by atoms with van der Waals surface area (Å²) in [5.74, 6) is -6.16. The van der Waals surface area contributed by atoms with Gasteiger partial charge in [0.2, 0.25) is 0 Å². The van der Waals surface area contributed by atoms with Crippen molar-refractivity contribution in [3.8, 4) is 11.1 Å². The lowest BCUT2D eigenvalue weighted by Crippen LogP contribution is -2.30. The smallest absolute Gasteiger partial charge is 0.319 e. The predicted molar refractivity (Wildman–Crippen MR) is 132 cm³/mol. The Hall–Kier alpha value is -3.23. The van der Waals surface area contributed by atoms with Crippen molar-refractivity contribution in [1.29, 1.82) is 0 Å². The summed E-state index contributed by atoms with van der Waals surface area (Å²) in [4.78, 5) is 41.7. The molecule has 36 heavy (non-hydrogen) atoms. The Morgan fingerprint density at radius 2 is 1.03 bits per heavy atom. The van der Waals surface area contributed by atoms with Crippen molar-refractivity contribution in [2.75, 3.05) is 11.5 Å². The van der Waals surface area contributed by atoms with E-state index in [0.717, 1.165) is 0 Å². The molecule has 2 aromatic rings. The van der Waals surface area contributed by atoms with Gasteiger partial charge in [0, 0.05) is 6.42 Å². The number of hydrogen-bond acceptors (Lipinski definition) is 9. The average molecular weight is 561 g/mol. The zero-order valence-corrected chi connectivity index (χ0v) is 21.6. The van der Waals surface area contributed by atoms with Crippen molar-refractivity contribution in [3.63, 3.8) is 0 Å². The zero-order valence-electron chi connectivity index (χ0n) is 19.1. The van der Waals surface area contributed by atoms with Crippen LogP contribution in [0.3, 0.4) is 0 Å². The largest absolute Gasteiger partial charge is 0.480 e. The molecule has 0 fully saturated rings. The molecule has 0 bridgehead atoms. The van der Waals surface area contributed by atoms with Crippen LogP contribution in [0.2, 0.25) is 0 Å². The maximum Gasteiger partial charge on any atom is 0.319 e. The lowest BCUT2D eigenvalue weighted by Gasteiger charge is -2.14. The number of hydrogen-bond donors (Lipinski definition) is 4. The first kappa shape index (κ1) is 30.8. The fourth-order valence-corrected chi connectivity index (χ4v) is 5.07. The molecular formula is C22H24O11S3. The van der Waals surface area contributed by atoms with E-state index in [4.69, 9.17) is 15.3 Å². The van der Waals surface area contributed by atoms with Gasteiger partial charge in [-0.1, -0.05) is 24.3 Å². The van der Waals surface area contributed by atoms with Crippen LogP contribution in [-0.4, -0.2) is 72.1 Å². The van der Waals surface area contributed by atoms with Gasteiger partial charge >= 0.3 is 17.9 Å². The molecule has 0 heterocycles. The van der Waals surface area contributed by atoms with Gasteiger partial charge in [-0.05, 0) is 49.2 Å². The fourth-order valence-electron chi connectivity index (χ4n) is 2.76. The molecular weight excluding hydrogens is 536 g/mol. The Morgan fingerprint density at radius 3 is 1.22 bits per heavy atom. The summed E-state index contributed by atoms with van der Waals surface area (Å²) in [6, 6.07) is 10.9. The van der Waals surface area contributed by atoms with Gasteiger partial charge in [-0.2, -0.15) is 12.6 Å². The van der Waals surface area contributed by atoms with Crippen LogP contribution in [0.25, 0.3) is 11.1 Å². The Morgan fingerprint density at radius 1 is 0.722 bits per heavy atom. The highest BCUT2D eigenvalue weighted by Crippen LogP contribution is 2.24. The summed E-state index contributed by atoms with van der Waals surface area (Å²) in [6.45, 7) is 2.75. The number of thiol groups is 1. The number of carbonyl (C=O) groups excluding carboxylic acids is 1. The zero-order chi connectivity index (χ0) is 27.9. The van der Waals surface area contributed by atoms with Gasteiger partial charge in [-0.15, -0.1) is 0 Å². The summed E-state index contributed by atoms with van der Waals surface area (Å²) in [7, 11) is -7.86. The second-order valence-corrected chi connectivity index (χ2v) is 12.8. The van der Waals surface area contributed by atoms with Crippen LogP contribution in [0.15, 0.2) is 58.3 Å². The monoisotopic (exact) mass is 560 g/mol. The number of sulfone groups is 2. The van der Waals surface area contributed by atoms with Crippen molar-refractivity contribution >= 4 is 56.0 Å².